The summed E-state index contributed by atoms with van der Waals surface area (Å²) in [5.74, 6) is 6.50. The van der Waals surface area contributed by atoms with Gasteiger partial charge in [-0.3, -0.25) is 4.79 Å². The summed E-state index contributed by atoms with van der Waals surface area (Å²) in [7, 11) is 0. The number of aryl methyl sites for hydroxylation is 1. The van der Waals surface area contributed by atoms with E-state index in [0.717, 1.165) is 25.0 Å². The predicted molar refractivity (Wildman–Crippen MR) is 80.3 cm³/mol. The van der Waals surface area contributed by atoms with E-state index in [0.29, 0.717) is 23.3 Å². The van der Waals surface area contributed by atoms with E-state index in [9.17, 15) is 4.79 Å². The van der Waals surface area contributed by atoms with Crippen LogP contribution in [0.2, 0.25) is 0 Å². The topological polar surface area (TPSA) is 80.0 Å². The van der Waals surface area contributed by atoms with Gasteiger partial charge in [-0.25, -0.2) is 10.8 Å². The van der Waals surface area contributed by atoms with Crippen molar-refractivity contribution in [1.29, 1.82) is 0 Å². The standard InChI is InChI=1S/C15H24N4O/c1-3-5-12-8-11(9-14(17-12)19-16)15(20)18-13-7-4-6-10(13)2/h8-10,13H,3-7,16H2,1-2H3,(H,17,19)(H,18,20). The van der Waals surface area contributed by atoms with Crippen LogP contribution in [0.15, 0.2) is 12.1 Å². The van der Waals surface area contributed by atoms with E-state index in [1.165, 1.54) is 12.8 Å². The SMILES string of the molecule is CCCc1cc(C(=O)NC2CCCC2C)cc(NN)n1. The first-order valence-electron chi connectivity index (χ1n) is 7.42. The highest BCUT2D eigenvalue weighted by atomic mass is 16.1. The minimum Gasteiger partial charge on any atom is -0.349 e. The molecule has 1 fully saturated rings. The summed E-state index contributed by atoms with van der Waals surface area (Å²) in [6.45, 7) is 4.28. The largest absolute Gasteiger partial charge is 0.349 e. The van der Waals surface area contributed by atoms with Gasteiger partial charge in [-0.15, -0.1) is 0 Å². The van der Waals surface area contributed by atoms with Crippen molar-refractivity contribution < 1.29 is 4.79 Å². The maximum atomic E-state index is 12.4. The number of pyridine rings is 1. The summed E-state index contributed by atoms with van der Waals surface area (Å²) in [5.41, 5.74) is 4.06. The van der Waals surface area contributed by atoms with Crippen LogP contribution in [0.3, 0.4) is 0 Å². The first-order chi connectivity index (χ1) is 9.63. The number of nitrogen functional groups attached to an aromatic ring is 1. The van der Waals surface area contributed by atoms with Gasteiger partial charge in [0.05, 0.1) is 0 Å². The highest BCUT2D eigenvalue weighted by molar-refractivity contribution is 5.95. The van der Waals surface area contributed by atoms with Crippen LogP contribution in [0.5, 0.6) is 0 Å². The summed E-state index contributed by atoms with van der Waals surface area (Å²) in [6.07, 6.45) is 5.29. The molecule has 5 heteroatoms. The van der Waals surface area contributed by atoms with Gasteiger partial charge in [0, 0.05) is 17.3 Å². The van der Waals surface area contributed by atoms with E-state index < -0.39 is 0 Å². The Hall–Kier alpha value is -1.62. The van der Waals surface area contributed by atoms with Crippen molar-refractivity contribution in [2.45, 2.75) is 52.0 Å². The van der Waals surface area contributed by atoms with Gasteiger partial charge >= 0.3 is 0 Å². The molecule has 1 heterocycles. The van der Waals surface area contributed by atoms with Gasteiger partial charge < -0.3 is 10.7 Å². The average Bonchev–Trinajstić information content (AvgIpc) is 2.84. The summed E-state index contributed by atoms with van der Waals surface area (Å²) >= 11 is 0. The lowest BCUT2D eigenvalue weighted by Crippen LogP contribution is -2.36. The number of rotatable bonds is 5. The number of hydrogen-bond donors (Lipinski definition) is 3. The maximum absolute atomic E-state index is 12.4. The van der Waals surface area contributed by atoms with Gasteiger partial charge in [-0.05, 0) is 37.3 Å². The molecule has 1 aromatic heterocycles. The second-order valence-electron chi connectivity index (χ2n) is 5.61. The molecule has 1 saturated carbocycles. The Balaban J connectivity index is 2.13. The van der Waals surface area contributed by atoms with Gasteiger partial charge in [-0.1, -0.05) is 26.7 Å². The quantitative estimate of drug-likeness (QED) is 0.569. The Labute approximate surface area is 120 Å². The van der Waals surface area contributed by atoms with Crippen LogP contribution in [0.1, 0.15) is 55.6 Å². The van der Waals surface area contributed by atoms with Gasteiger partial charge in [0.1, 0.15) is 5.82 Å². The number of nitrogens with two attached hydrogens (primary N) is 1. The first-order valence-corrected chi connectivity index (χ1v) is 7.42. The van der Waals surface area contributed by atoms with E-state index in [2.05, 4.69) is 29.6 Å². The molecule has 2 rings (SSSR count). The molecular formula is C15H24N4O. The zero-order valence-corrected chi connectivity index (χ0v) is 12.3. The summed E-state index contributed by atoms with van der Waals surface area (Å²) in [5, 5.41) is 3.13. The fourth-order valence-electron chi connectivity index (χ4n) is 2.79. The molecule has 0 spiro atoms. The summed E-state index contributed by atoms with van der Waals surface area (Å²) in [4.78, 5) is 16.7. The fraction of sp³-hybridized carbons (Fsp3) is 0.600. The van der Waals surface area contributed by atoms with Crippen molar-refractivity contribution >= 4 is 11.7 Å². The van der Waals surface area contributed by atoms with Crippen molar-refractivity contribution in [3.63, 3.8) is 0 Å². The summed E-state index contributed by atoms with van der Waals surface area (Å²) < 4.78 is 0. The number of hydrazine groups is 1. The van der Waals surface area contributed by atoms with E-state index in [1.54, 1.807) is 6.07 Å². The Morgan fingerprint density at radius 1 is 1.45 bits per heavy atom. The molecule has 0 aromatic carbocycles. The zero-order chi connectivity index (χ0) is 14.5. The van der Waals surface area contributed by atoms with Crippen molar-refractivity contribution in [3.05, 3.63) is 23.4 Å². The van der Waals surface area contributed by atoms with Crippen molar-refractivity contribution in [2.75, 3.05) is 5.43 Å². The lowest BCUT2D eigenvalue weighted by molar-refractivity contribution is 0.0929. The maximum Gasteiger partial charge on any atom is 0.251 e. The van der Waals surface area contributed by atoms with Crippen molar-refractivity contribution in [1.82, 2.24) is 10.3 Å². The van der Waals surface area contributed by atoms with Gasteiger partial charge in [0.15, 0.2) is 0 Å². The second kappa shape index (κ2) is 6.70. The van der Waals surface area contributed by atoms with E-state index >= 15 is 0 Å². The molecule has 0 radical (unpaired) electrons. The highest BCUT2D eigenvalue weighted by Gasteiger charge is 2.25. The summed E-state index contributed by atoms with van der Waals surface area (Å²) in [6, 6.07) is 3.85. The second-order valence-corrected chi connectivity index (χ2v) is 5.61. The molecule has 2 atom stereocenters. The molecule has 20 heavy (non-hydrogen) atoms. The lowest BCUT2D eigenvalue weighted by Gasteiger charge is -2.17. The number of carbonyl (C=O) groups excluding carboxylic acids is 1. The number of amides is 1. The fourth-order valence-corrected chi connectivity index (χ4v) is 2.79. The third-order valence-corrected chi connectivity index (χ3v) is 3.97. The molecule has 5 nitrogen and oxygen atoms in total. The smallest absolute Gasteiger partial charge is 0.251 e. The lowest BCUT2D eigenvalue weighted by atomic mass is 10.1. The molecule has 2 unspecified atom stereocenters. The van der Waals surface area contributed by atoms with E-state index in [-0.39, 0.29) is 5.91 Å². The van der Waals surface area contributed by atoms with Crippen LogP contribution in [0.25, 0.3) is 0 Å². The monoisotopic (exact) mass is 276 g/mol. The molecule has 1 amide bonds. The molecule has 1 aliphatic rings. The number of carbonyl (C=O) groups is 1. The predicted octanol–water partition coefficient (Wildman–Crippen LogP) is 2.24. The molecule has 0 bridgehead atoms. The van der Waals surface area contributed by atoms with E-state index in [1.807, 2.05) is 6.07 Å². The molecule has 1 aromatic rings. The third kappa shape index (κ3) is 3.48. The Morgan fingerprint density at radius 2 is 2.25 bits per heavy atom. The van der Waals surface area contributed by atoms with Crippen LogP contribution < -0.4 is 16.6 Å². The zero-order valence-electron chi connectivity index (χ0n) is 12.3. The number of hydrogen-bond acceptors (Lipinski definition) is 4. The van der Waals surface area contributed by atoms with Crippen LogP contribution in [0, 0.1) is 5.92 Å². The van der Waals surface area contributed by atoms with Crippen LogP contribution >= 0.6 is 0 Å². The molecular weight excluding hydrogens is 252 g/mol. The Morgan fingerprint density at radius 3 is 2.85 bits per heavy atom. The minimum absolute atomic E-state index is 0.0278. The van der Waals surface area contributed by atoms with Crippen molar-refractivity contribution in [3.8, 4) is 0 Å². The van der Waals surface area contributed by atoms with Crippen LogP contribution in [-0.2, 0) is 6.42 Å². The van der Waals surface area contributed by atoms with E-state index in [4.69, 9.17) is 5.84 Å². The number of aromatic nitrogens is 1. The Bertz CT molecular complexity index is 475. The Kier molecular flexibility index (Phi) is 4.95. The number of nitrogens with zero attached hydrogens (tertiary/aromatic N) is 1. The molecule has 4 N–H and O–H groups in total. The van der Waals surface area contributed by atoms with Gasteiger partial charge in [0.2, 0.25) is 0 Å². The minimum atomic E-state index is -0.0278. The molecule has 0 saturated heterocycles. The molecule has 1 aliphatic carbocycles. The number of nitrogens with one attached hydrogen (secondary N) is 2. The van der Waals surface area contributed by atoms with Gasteiger partial charge in [-0.2, -0.15) is 0 Å². The van der Waals surface area contributed by atoms with Crippen molar-refractivity contribution in [2.24, 2.45) is 11.8 Å². The van der Waals surface area contributed by atoms with Gasteiger partial charge in [0.25, 0.3) is 5.91 Å². The van der Waals surface area contributed by atoms with Crippen LogP contribution in [-0.4, -0.2) is 16.9 Å². The molecule has 110 valence electrons. The van der Waals surface area contributed by atoms with Crippen LogP contribution in [0.4, 0.5) is 5.82 Å². The highest BCUT2D eigenvalue weighted by Crippen LogP contribution is 2.25. The third-order valence-electron chi connectivity index (χ3n) is 3.97. The number of anilines is 1. The average molecular weight is 276 g/mol. The first kappa shape index (κ1) is 14.8. The molecule has 0 aliphatic heterocycles. The normalized spacial score (nSPS) is 21.8.